The number of nitrogens with zero attached hydrogens (tertiary/aromatic N) is 1. The van der Waals surface area contributed by atoms with Crippen LogP contribution in [0.5, 0.6) is 0 Å². The summed E-state index contributed by atoms with van der Waals surface area (Å²) in [5.41, 5.74) is 2.55. The minimum absolute atomic E-state index is 0.192. The van der Waals surface area contributed by atoms with Crippen molar-refractivity contribution in [3.05, 3.63) is 74.6 Å². The van der Waals surface area contributed by atoms with Gasteiger partial charge >= 0.3 is 5.97 Å². The van der Waals surface area contributed by atoms with Crippen LogP contribution in [0, 0.1) is 0 Å². The number of anilines is 1. The Morgan fingerprint density at radius 1 is 1.04 bits per heavy atom. The fourth-order valence-electron chi connectivity index (χ4n) is 3.25. The second kappa shape index (κ2) is 8.54. The first kappa shape index (κ1) is 18.7. The molecule has 0 N–H and O–H groups in total. The summed E-state index contributed by atoms with van der Waals surface area (Å²) in [4.78, 5) is 29.0. The summed E-state index contributed by atoms with van der Waals surface area (Å²) in [5.74, 6) is -0.670. The number of ether oxygens (including phenoxy) is 1. The summed E-state index contributed by atoms with van der Waals surface area (Å²) in [5, 5.41) is 3.88. The van der Waals surface area contributed by atoms with Crippen LogP contribution in [0.25, 0.3) is 11.6 Å². The highest BCUT2D eigenvalue weighted by atomic mass is 32.1. The Hall–Kier alpha value is -2.70. The summed E-state index contributed by atoms with van der Waals surface area (Å²) >= 11 is 3.03. The van der Waals surface area contributed by atoms with Crippen LogP contribution < -0.4 is 4.90 Å². The van der Waals surface area contributed by atoms with E-state index >= 15 is 0 Å². The van der Waals surface area contributed by atoms with Gasteiger partial charge in [-0.3, -0.25) is 4.79 Å². The molecule has 1 aliphatic heterocycles. The number of carbonyl (C=O) groups is 2. The number of benzene rings is 1. The van der Waals surface area contributed by atoms with E-state index in [9.17, 15) is 9.59 Å². The first-order valence-electron chi connectivity index (χ1n) is 9.07. The zero-order valence-corrected chi connectivity index (χ0v) is 16.8. The van der Waals surface area contributed by atoms with Gasteiger partial charge in [0.25, 0.3) is 5.91 Å². The number of hydrogen-bond donors (Lipinski definition) is 0. The van der Waals surface area contributed by atoms with Gasteiger partial charge in [-0.25, -0.2) is 4.79 Å². The second-order valence-corrected chi connectivity index (χ2v) is 8.33. The van der Waals surface area contributed by atoms with Gasteiger partial charge in [-0.05, 0) is 53.4 Å². The fraction of sp³-hybridized carbons (Fsp3) is 0.182. The minimum Gasteiger partial charge on any atom is -0.452 e. The van der Waals surface area contributed by atoms with Crippen LogP contribution in [0.3, 0.4) is 0 Å². The molecular weight excluding hydrogens is 390 g/mol. The van der Waals surface area contributed by atoms with Crippen molar-refractivity contribution in [2.75, 3.05) is 18.1 Å². The molecule has 2 aromatic heterocycles. The van der Waals surface area contributed by atoms with Crippen LogP contribution in [-0.2, 0) is 20.7 Å². The summed E-state index contributed by atoms with van der Waals surface area (Å²) in [7, 11) is 0. The van der Waals surface area contributed by atoms with E-state index in [0.717, 1.165) is 33.8 Å². The SMILES string of the molecule is O=C(OCC(=O)N1CCCc2ccccc21)/C(=C/c1cccs1)c1cccs1. The van der Waals surface area contributed by atoms with Gasteiger partial charge in [-0.2, -0.15) is 0 Å². The summed E-state index contributed by atoms with van der Waals surface area (Å²) in [6.07, 6.45) is 3.70. The van der Waals surface area contributed by atoms with E-state index in [-0.39, 0.29) is 12.5 Å². The van der Waals surface area contributed by atoms with E-state index in [2.05, 4.69) is 0 Å². The highest BCUT2D eigenvalue weighted by Crippen LogP contribution is 2.28. The Morgan fingerprint density at radius 2 is 1.86 bits per heavy atom. The van der Waals surface area contributed by atoms with Gasteiger partial charge in [0.2, 0.25) is 0 Å². The lowest BCUT2D eigenvalue weighted by Gasteiger charge is -2.29. The maximum Gasteiger partial charge on any atom is 0.340 e. The zero-order chi connectivity index (χ0) is 19.3. The van der Waals surface area contributed by atoms with E-state index in [1.165, 1.54) is 11.3 Å². The monoisotopic (exact) mass is 409 g/mol. The molecule has 0 saturated heterocycles. The molecule has 0 spiro atoms. The molecule has 1 amide bonds. The van der Waals surface area contributed by atoms with Crippen LogP contribution in [-0.4, -0.2) is 25.0 Å². The highest BCUT2D eigenvalue weighted by molar-refractivity contribution is 7.12. The third-order valence-corrected chi connectivity index (χ3v) is 6.30. The molecule has 0 radical (unpaired) electrons. The number of esters is 1. The van der Waals surface area contributed by atoms with Gasteiger partial charge < -0.3 is 9.64 Å². The summed E-state index contributed by atoms with van der Waals surface area (Å²) in [6.45, 7) is 0.385. The normalized spacial score (nSPS) is 13.9. The molecular formula is C22H19NO3S2. The molecule has 1 aliphatic rings. The van der Waals surface area contributed by atoms with Crippen molar-refractivity contribution in [1.29, 1.82) is 0 Å². The largest absolute Gasteiger partial charge is 0.452 e. The predicted molar refractivity (Wildman–Crippen MR) is 115 cm³/mol. The van der Waals surface area contributed by atoms with Gasteiger partial charge in [0.15, 0.2) is 6.61 Å². The number of carbonyl (C=O) groups excluding carboxylic acids is 2. The predicted octanol–water partition coefficient (Wildman–Crippen LogP) is 4.87. The Balaban J connectivity index is 1.48. The topological polar surface area (TPSA) is 46.6 Å². The lowest BCUT2D eigenvalue weighted by molar-refractivity contribution is -0.142. The standard InChI is InChI=1S/C22H19NO3S2/c24-21(23-11-3-7-16-6-1-2-9-19(16)23)15-26-22(25)18(20-10-5-13-28-20)14-17-8-4-12-27-17/h1-2,4-6,8-10,12-14H,3,7,11,15H2/b18-14+. The second-order valence-electron chi connectivity index (χ2n) is 6.40. The van der Waals surface area contributed by atoms with Crippen LogP contribution >= 0.6 is 22.7 Å². The van der Waals surface area contributed by atoms with Crippen LogP contribution in [0.1, 0.15) is 21.7 Å². The lowest BCUT2D eigenvalue weighted by Crippen LogP contribution is -2.38. The molecule has 3 aromatic rings. The van der Waals surface area contributed by atoms with Crippen molar-refractivity contribution in [1.82, 2.24) is 0 Å². The molecule has 0 aliphatic carbocycles. The number of para-hydroxylation sites is 1. The number of fused-ring (bicyclic) bond motifs is 1. The number of rotatable bonds is 5. The number of amides is 1. The van der Waals surface area contributed by atoms with Crippen molar-refractivity contribution < 1.29 is 14.3 Å². The summed E-state index contributed by atoms with van der Waals surface area (Å²) < 4.78 is 5.42. The smallest absolute Gasteiger partial charge is 0.340 e. The molecule has 1 aromatic carbocycles. The highest BCUT2D eigenvalue weighted by Gasteiger charge is 2.24. The number of thiophene rings is 2. The minimum atomic E-state index is -0.477. The molecule has 28 heavy (non-hydrogen) atoms. The van der Waals surface area contributed by atoms with E-state index in [0.29, 0.717) is 12.1 Å². The quantitative estimate of drug-likeness (QED) is 0.446. The number of hydrogen-bond acceptors (Lipinski definition) is 5. The van der Waals surface area contributed by atoms with Gasteiger partial charge in [0.05, 0.1) is 5.57 Å². The fourth-order valence-corrected chi connectivity index (χ4v) is 4.64. The van der Waals surface area contributed by atoms with Crippen molar-refractivity contribution in [2.24, 2.45) is 0 Å². The van der Waals surface area contributed by atoms with E-state index in [1.807, 2.05) is 65.4 Å². The molecule has 4 rings (SSSR count). The van der Waals surface area contributed by atoms with Crippen molar-refractivity contribution in [3.8, 4) is 0 Å². The molecule has 0 bridgehead atoms. The van der Waals surface area contributed by atoms with Crippen LogP contribution in [0.2, 0.25) is 0 Å². The van der Waals surface area contributed by atoms with Gasteiger partial charge in [-0.15, -0.1) is 22.7 Å². The van der Waals surface area contributed by atoms with Gasteiger partial charge in [0.1, 0.15) is 0 Å². The Kier molecular flexibility index (Phi) is 5.69. The molecule has 6 heteroatoms. The summed E-state index contributed by atoms with van der Waals surface area (Å²) in [6, 6.07) is 15.6. The zero-order valence-electron chi connectivity index (χ0n) is 15.2. The van der Waals surface area contributed by atoms with E-state index in [4.69, 9.17) is 4.74 Å². The first-order valence-corrected chi connectivity index (χ1v) is 10.8. The molecule has 0 unspecified atom stereocenters. The average Bonchev–Trinajstić information content (AvgIpc) is 3.43. The Morgan fingerprint density at radius 3 is 2.64 bits per heavy atom. The molecule has 3 heterocycles. The van der Waals surface area contributed by atoms with Crippen LogP contribution in [0.15, 0.2) is 59.3 Å². The third-order valence-electron chi connectivity index (χ3n) is 4.57. The maximum atomic E-state index is 12.8. The first-order chi connectivity index (χ1) is 13.7. The Bertz CT molecular complexity index is 991. The van der Waals surface area contributed by atoms with Crippen molar-refractivity contribution in [3.63, 3.8) is 0 Å². The van der Waals surface area contributed by atoms with E-state index in [1.54, 1.807) is 16.2 Å². The Labute approximate surface area is 171 Å². The molecule has 0 fully saturated rings. The molecule has 0 atom stereocenters. The molecule has 142 valence electrons. The maximum absolute atomic E-state index is 12.8. The van der Waals surface area contributed by atoms with Crippen molar-refractivity contribution in [2.45, 2.75) is 12.8 Å². The molecule has 0 saturated carbocycles. The third kappa shape index (κ3) is 4.08. The molecule has 4 nitrogen and oxygen atoms in total. The van der Waals surface area contributed by atoms with Gasteiger partial charge in [0, 0.05) is 22.0 Å². The lowest BCUT2D eigenvalue weighted by atomic mass is 10.0. The van der Waals surface area contributed by atoms with Gasteiger partial charge in [-0.1, -0.05) is 30.3 Å². The number of aryl methyl sites for hydroxylation is 1. The van der Waals surface area contributed by atoms with Crippen molar-refractivity contribution >= 4 is 51.9 Å². The van der Waals surface area contributed by atoms with E-state index < -0.39 is 5.97 Å². The average molecular weight is 410 g/mol. The van der Waals surface area contributed by atoms with Crippen LogP contribution in [0.4, 0.5) is 5.69 Å².